The molecule has 7 heteroatoms. The molecule has 0 spiro atoms. The van der Waals surface area contributed by atoms with Gasteiger partial charge in [0.15, 0.2) is 10.6 Å². The molecule has 2 N–H and O–H groups in total. The highest BCUT2D eigenvalue weighted by Gasteiger charge is 2.31. The second-order valence-electron chi connectivity index (χ2n) is 6.35. The van der Waals surface area contributed by atoms with Gasteiger partial charge in [-0.05, 0) is 47.5 Å². The lowest BCUT2D eigenvalue weighted by Crippen LogP contribution is -2.43. The number of hydrogen-bond donors (Lipinski definition) is 2. The molecule has 5 nitrogen and oxygen atoms in total. The molecular weight excluding hydrogens is 401 g/mol. The molecule has 0 atom stereocenters. The maximum absolute atomic E-state index is 13.0. The summed E-state index contributed by atoms with van der Waals surface area (Å²) in [5, 5.41) is 18.8. The van der Waals surface area contributed by atoms with Gasteiger partial charge in [0, 0.05) is 24.2 Å². The Morgan fingerprint density at radius 3 is 1.61 bits per heavy atom. The number of ketones is 1. The Kier molecular flexibility index (Phi) is 6.07. The van der Waals surface area contributed by atoms with Crippen LogP contribution >= 0.6 is 23.2 Å². The van der Waals surface area contributed by atoms with Crippen LogP contribution in [-0.2, 0) is 9.59 Å². The van der Waals surface area contributed by atoms with Crippen LogP contribution in [0.25, 0.3) is 12.2 Å². The molecule has 144 valence electrons. The van der Waals surface area contributed by atoms with Crippen molar-refractivity contribution >= 4 is 47.0 Å². The zero-order valence-electron chi connectivity index (χ0n) is 14.7. The molecule has 28 heavy (non-hydrogen) atoms. The summed E-state index contributed by atoms with van der Waals surface area (Å²) in [5.41, 5.74) is 2.24. The second kappa shape index (κ2) is 8.50. The molecule has 1 heterocycles. The lowest BCUT2D eigenvalue weighted by Gasteiger charge is -2.30. The summed E-state index contributed by atoms with van der Waals surface area (Å²) in [6.45, 7) is 0.169. The molecule has 1 aliphatic rings. The molecule has 0 unspecified atom stereocenters. The molecule has 1 amide bonds. The van der Waals surface area contributed by atoms with Gasteiger partial charge < -0.3 is 15.1 Å². The fourth-order valence-electron chi connectivity index (χ4n) is 2.88. The second-order valence-corrected chi connectivity index (χ2v) is 7.44. The molecule has 0 aromatic heterocycles. The molecule has 2 aromatic carbocycles. The number of aromatic hydroxyl groups is 2. The van der Waals surface area contributed by atoms with E-state index in [4.69, 9.17) is 23.2 Å². The lowest BCUT2D eigenvalue weighted by atomic mass is 9.94. The predicted molar refractivity (Wildman–Crippen MR) is 109 cm³/mol. The number of carbonyl (C=O) groups excluding carboxylic acids is 2. The maximum atomic E-state index is 13.0. The van der Waals surface area contributed by atoms with E-state index in [1.165, 1.54) is 29.2 Å². The van der Waals surface area contributed by atoms with Crippen LogP contribution in [0.5, 0.6) is 11.5 Å². The molecule has 0 saturated carbocycles. The van der Waals surface area contributed by atoms with E-state index in [0.717, 1.165) is 0 Å². The zero-order valence-corrected chi connectivity index (χ0v) is 16.2. The number of rotatable bonds is 3. The number of alkyl halides is 2. The van der Waals surface area contributed by atoms with E-state index in [2.05, 4.69) is 0 Å². The maximum Gasteiger partial charge on any atom is 0.256 e. The third kappa shape index (κ3) is 4.74. The molecule has 0 radical (unpaired) electrons. The summed E-state index contributed by atoms with van der Waals surface area (Å²) >= 11 is 11.5. The van der Waals surface area contributed by atoms with Gasteiger partial charge in [-0.1, -0.05) is 47.5 Å². The summed E-state index contributed by atoms with van der Waals surface area (Å²) in [7, 11) is 0. The largest absolute Gasteiger partial charge is 0.508 e. The molecule has 0 bridgehead atoms. The number of amides is 1. The highest BCUT2D eigenvalue weighted by molar-refractivity contribution is 6.53. The number of phenolic OH excluding ortho intramolecular Hbond substituents is 2. The van der Waals surface area contributed by atoms with Crippen molar-refractivity contribution in [1.82, 2.24) is 4.90 Å². The van der Waals surface area contributed by atoms with Crippen molar-refractivity contribution in [3.8, 4) is 11.5 Å². The van der Waals surface area contributed by atoms with Crippen molar-refractivity contribution < 1.29 is 19.8 Å². The Balaban J connectivity index is 1.99. The van der Waals surface area contributed by atoms with Crippen LogP contribution in [0.1, 0.15) is 11.1 Å². The van der Waals surface area contributed by atoms with E-state index in [1.54, 1.807) is 36.4 Å². The average molecular weight is 418 g/mol. The number of likely N-dealkylation sites (tertiary alicyclic amines) is 1. The van der Waals surface area contributed by atoms with Crippen LogP contribution in [0.15, 0.2) is 59.7 Å². The first-order valence-electron chi connectivity index (χ1n) is 8.44. The Labute approximate surface area is 172 Å². The molecule has 1 fully saturated rings. The van der Waals surface area contributed by atoms with E-state index >= 15 is 0 Å². The summed E-state index contributed by atoms with van der Waals surface area (Å²) in [5.74, 6) is -0.433. The number of carbonyl (C=O) groups is 2. The molecular formula is C21H17Cl2NO4. The SMILES string of the molecule is O=C1/C(=C/c2ccc(O)cc2)CN(C(=O)C(Cl)Cl)C/C1=C\c1ccc(O)cc1. The molecule has 0 aliphatic carbocycles. The number of benzene rings is 2. The van der Waals surface area contributed by atoms with Gasteiger partial charge >= 0.3 is 0 Å². The summed E-state index contributed by atoms with van der Waals surface area (Å²) in [6.07, 6.45) is 3.34. The Bertz CT molecular complexity index is 880. The molecule has 1 aliphatic heterocycles. The van der Waals surface area contributed by atoms with Gasteiger partial charge in [0.2, 0.25) is 0 Å². The van der Waals surface area contributed by atoms with Crippen LogP contribution in [0.2, 0.25) is 0 Å². The first-order valence-corrected chi connectivity index (χ1v) is 9.31. The highest BCUT2D eigenvalue weighted by atomic mass is 35.5. The summed E-state index contributed by atoms with van der Waals surface area (Å²) < 4.78 is 0. The van der Waals surface area contributed by atoms with E-state index in [9.17, 15) is 19.8 Å². The monoisotopic (exact) mass is 417 g/mol. The third-order valence-corrected chi connectivity index (χ3v) is 4.65. The quantitative estimate of drug-likeness (QED) is 0.588. The number of piperidine rings is 1. The van der Waals surface area contributed by atoms with E-state index in [0.29, 0.717) is 22.3 Å². The van der Waals surface area contributed by atoms with Gasteiger partial charge in [0.05, 0.1) is 0 Å². The standard InChI is InChI=1S/C21H17Cl2NO4/c22-20(23)21(28)24-11-15(9-13-1-5-17(25)6-2-13)19(27)16(12-24)10-14-3-7-18(26)8-4-14/h1-10,20,25-26H,11-12H2/b15-9+,16-10+. The van der Waals surface area contributed by atoms with Crippen molar-refractivity contribution in [2.75, 3.05) is 13.1 Å². The van der Waals surface area contributed by atoms with Crippen molar-refractivity contribution in [3.05, 3.63) is 70.8 Å². The number of Topliss-reactive ketones (excluding diaryl/α,β-unsaturated/α-hetero) is 1. The van der Waals surface area contributed by atoms with Crippen LogP contribution in [0.4, 0.5) is 0 Å². The van der Waals surface area contributed by atoms with E-state index < -0.39 is 10.7 Å². The smallest absolute Gasteiger partial charge is 0.256 e. The number of nitrogens with zero attached hydrogens (tertiary/aromatic N) is 1. The summed E-state index contributed by atoms with van der Waals surface area (Å²) in [4.78, 5) is 25.5. The molecule has 2 aromatic rings. The third-order valence-electron chi connectivity index (χ3n) is 4.27. The number of phenols is 2. The Morgan fingerprint density at radius 1 is 0.857 bits per heavy atom. The highest BCUT2D eigenvalue weighted by Crippen LogP contribution is 2.25. The van der Waals surface area contributed by atoms with Crippen molar-refractivity contribution in [1.29, 1.82) is 0 Å². The van der Waals surface area contributed by atoms with Crippen LogP contribution in [0.3, 0.4) is 0 Å². The van der Waals surface area contributed by atoms with Gasteiger partial charge in [-0.15, -0.1) is 0 Å². The van der Waals surface area contributed by atoms with Crippen molar-refractivity contribution in [3.63, 3.8) is 0 Å². The first kappa shape index (κ1) is 20.0. The Morgan fingerprint density at radius 2 is 1.25 bits per heavy atom. The van der Waals surface area contributed by atoms with E-state index in [1.807, 2.05) is 0 Å². The van der Waals surface area contributed by atoms with Crippen molar-refractivity contribution in [2.45, 2.75) is 4.84 Å². The van der Waals surface area contributed by atoms with E-state index in [-0.39, 0.29) is 30.4 Å². The van der Waals surface area contributed by atoms with Crippen LogP contribution in [0, 0.1) is 0 Å². The van der Waals surface area contributed by atoms with Gasteiger partial charge in [-0.25, -0.2) is 0 Å². The zero-order chi connectivity index (χ0) is 20.3. The van der Waals surface area contributed by atoms with Gasteiger partial charge in [0.25, 0.3) is 5.91 Å². The fourth-order valence-corrected chi connectivity index (χ4v) is 3.15. The minimum absolute atomic E-state index is 0.0847. The lowest BCUT2D eigenvalue weighted by molar-refractivity contribution is -0.129. The predicted octanol–water partition coefficient (Wildman–Crippen LogP) is 3.78. The topological polar surface area (TPSA) is 77.8 Å². The van der Waals surface area contributed by atoms with Crippen LogP contribution in [-0.4, -0.2) is 44.7 Å². The van der Waals surface area contributed by atoms with Crippen LogP contribution < -0.4 is 0 Å². The number of halogens is 2. The molecule has 3 rings (SSSR count). The average Bonchev–Trinajstić information content (AvgIpc) is 2.67. The Hall–Kier alpha value is -2.76. The minimum atomic E-state index is -1.22. The van der Waals surface area contributed by atoms with Gasteiger partial charge in [-0.2, -0.15) is 0 Å². The van der Waals surface area contributed by atoms with Gasteiger partial charge in [0.1, 0.15) is 11.5 Å². The van der Waals surface area contributed by atoms with Crippen molar-refractivity contribution in [2.24, 2.45) is 0 Å². The fraction of sp³-hybridized carbons (Fsp3) is 0.143. The first-order chi connectivity index (χ1) is 13.3. The van der Waals surface area contributed by atoms with Gasteiger partial charge in [-0.3, -0.25) is 9.59 Å². The summed E-state index contributed by atoms with van der Waals surface area (Å²) in [6, 6.07) is 12.8. The number of hydrogen-bond acceptors (Lipinski definition) is 4. The normalized spacial score (nSPS) is 17.5. The minimum Gasteiger partial charge on any atom is -0.508 e. The molecule has 1 saturated heterocycles.